The summed E-state index contributed by atoms with van der Waals surface area (Å²) in [4.78, 5) is 15.6. The minimum atomic E-state index is -0.654. The summed E-state index contributed by atoms with van der Waals surface area (Å²) in [7, 11) is 0. The molecule has 0 saturated heterocycles. The van der Waals surface area contributed by atoms with Crippen LogP contribution in [-0.2, 0) is 0 Å². The van der Waals surface area contributed by atoms with Crippen molar-refractivity contribution in [2.45, 2.75) is 13.0 Å². The van der Waals surface area contributed by atoms with Crippen LogP contribution in [0.4, 0.5) is 10.1 Å². The van der Waals surface area contributed by atoms with E-state index in [1.165, 1.54) is 12.3 Å². The predicted octanol–water partition coefficient (Wildman–Crippen LogP) is 2.49. The number of aromatic nitrogens is 1. The van der Waals surface area contributed by atoms with E-state index < -0.39 is 11.7 Å². The summed E-state index contributed by atoms with van der Waals surface area (Å²) in [5.41, 5.74) is 7.16. The number of anilines is 1. The normalized spacial score (nSPS) is 11.9. The minimum absolute atomic E-state index is 0.0468. The summed E-state index contributed by atoms with van der Waals surface area (Å²) in [6.45, 7) is 1.82. The van der Waals surface area contributed by atoms with Crippen molar-refractivity contribution < 1.29 is 9.18 Å². The van der Waals surface area contributed by atoms with Gasteiger partial charge in [-0.3, -0.25) is 9.78 Å². The summed E-state index contributed by atoms with van der Waals surface area (Å²) in [5.74, 6) is -1.17. The third kappa shape index (κ3) is 2.95. The molecule has 0 fully saturated rings. The molecule has 0 spiro atoms. The van der Waals surface area contributed by atoms with Gasteiger partial charge < -0.3 is 11.1 Å². The lowest BCUT2D eigenvalue weighted by molar-refractivity contribution is 0.102. The Bertz CT molecular complexity index is 599. The van der Waals surface area contributed by atoms with Crippen molar-refractivity contribution in [2.24, 2.45) is 5.73 Å². The molecular formula is C14H14FN3O. The van der Waals surface area contributed by atoms with Gasteiger partial charge in [0.2, 0.25) is 0 Å². The second-order valence-corrected chi connectivity index (χ2v) is 4.19. The van der Waals surface area contributed by atoms with Crippen LogP contribution >= 0.6 is 0 Å². The van der Waals surface area contributed by atoms with E-state index in [0.29, 0.717) is 5.69 Å². The number of para-hydroxylation sites is 1. The van der Waals surface area contributed by atoms with Crippen LogP contribution in [-0.4, -0.2) is 10.9 Å². The van der Waals surface area contributed by atoms with Gasteiger partial charge in [0.15, 0.2) is 5.82 Å². The smallest absolute Gasteiger partial charge is 0.258 e. The van der Waals surface area contributed by atoms with Crippen LogP contribution in [0.2, 0.25) is 0 Å². The molecule has 0 aliphatic heterocycles. The molecule has 1 aromatic carbocycles. The number of carbonyl (C=O) groups is 1. The van der Waals surface area contributed by atoms with Gasteiger partial charge in [-0.05, 0) is 24.6 Å². The molecule has 0 bridgehead atoms. The minimum Gasteiger partial charge on any atom is -0.324 e. The molecule has 2 rings (SSSR count). The van der Waals surface area contributed by atoms with Gasteiger partial charge >= 0.3 is 0 Å². The van der Waals surface area contributed by atoms with Gasteiger partial charge in [0.1, 0.15) is 0 Å². The molecule has 1 heterocycles. The first-order valence-corrected chi connectivity index (χ1v) is 5.85. The van der Waals surface area contributed by atoms with Crippen molar-refractivity contribution in [1.29, 1.82) is 0 Å². The average molecular weight is 259 g/mol. The highest BCUT2D eigenvalue weighted by Crippen LogP contribution is 2.21. The van der Waals surface area contributed by atoms with Crippen LogP contribution in [0.3, 0.4) is 0 Å². The fourth-order valence-electron chi connectivity index (χ4n) is 1.76. The molecule has 1 amide bonds. The molecule has 0 aliphatic rings. The van der Waals surface area contributed by atoms with Gasteiger partial charge in [0.25, 0.3) is 5.91 Å². The number of hydrogen-bond acceptors (Lipinski definition) is 3. The third-order valence-electron chi connectivity index (χ3n) is 2.72. The number of nitrogens with one attached hydrogen (secondary N) is 1. The lowest BCUT2D eigenvalue weighted by Gasteiger charge is -2.13. The lowest BCUT2D eigenvalue weighted by Crippen LogP contribution is -2.17. The maximum atomic E-state index is 13.5. The molecule has 1 unspecified atom stereocenters. The molecule has 1 atom stereocenters. The van der Waals surface area contributed by atoms with Gasteiger partial charge in [0.05, 0.1) is 11.8 Å². The number of benzene rings is 1. The van der Waals surface area contributed by atoms with Crippen molar-refractivity contribution in [3.8, 4) is 0 Å². The van der Waals surface area contributed by atoms with Crippen molar-refractivity contribution in [2.75, 3.05) is 5.32 Å². The van der Waals surface area contributed by atoms with Gasteiger partial charge in [-0.2, -0.15) is 0 Å². The molecule has 19 heavy (non-hydrogen) atoms. The number of pyridine rings is 1. The fourth-order valence-corrected chi connectivity index (χ4v) is 1.76. The monoisotopic (exact) mass is 259 g/mol. The molecule has 4 nitrogen and oxygen atoms in total. The van der Waals surface area contributed by atoms with Crippen LogP contribution < -0.4 is 11.1 Å². The van der Waals surface area contributed by atoms with Crippen LogP contribution in [0, 0.1) is 5.82 Å². The second-order valence-electron chi connectivity index (χ2n) is 4.19. The third-order valence-corrected chi connectivity index (χ3v) is 2.72. The topological polar surface area (TPSA) is 68.0 Å². The molecule has 0 radical (unpaired) electrons. The molecular weight excluding hydrogens is 245 g/mol. The summed E-state index contributed by atoms with van der Waals surface area (Å²) in [6, 6.07) is 8.28. The SMILES string of the molecule is CC(N)c1ccccc1NC(=O)c1ccncc1F. The first-order chi connectivity index (χ1) is 9.09. The maximum absolute atomic E-state index is 13.5. The number of nitrogens with zero attached hydrogens (tertiary/aromatic N) is 1. The second kappa shape index (κ2) is 5.58. The number of rotatable bonds is 3. The van der Waals surface area contributed by atoms with E-state index in [4.69, 9.17) is 5.73 Å². The van der Waals surface area contributed by atoms with Crippen LogP contribution in [0.5, 0.6) is 0 Å². The predicted molar refractivity (Wildman–Crippen MR) is 71.2 cm³/mol. The van der Waals surface area contributed by atoms with E-state index in [1.54, 1.807) is 12.1 Å². The van der Waals surface area contributed by atoms with Gasteiger partial charge in [-0.15, -0.1) is 0 Å². The number of nitrogens with two attached hydrogens (primary N) is 1. The van der Waals surface area contributed by atoms with Gasteiger partial charge in [-0.1, -0.05) is 18.2 Å². The molecule has 1 aromatic heterocycles. The number of hydrogen-bond donors (Lipinski definition) is 2. The molecule has 3 N–H and O–H groups in total. The van der Waals surface area contributed by atoms with E-state index in [0.717, 1.165) is 11.8 Å². The largest absolute Gasteiger partial charge is 0.324 e. The van der Waals surface area contributed by atoms with Crippen molar-refractivity contribution in [1.82, 2.24) is 4.98 Å². The average Bonchev–Trinajstić information content (AvgIpc) is 2.39. The van der Waals surface area contributed by atoms with E-state index in [-0.39, 0.29) is 11.6 Å². The Hall–Kier alpha value is -2.27. The number of halogens is 1. The van der Waals surface area contributed by atoms with Crippen LogP contribution in [0.1, 0.15) is 28.9 Å². The van der Waals surface area contributed by atoms with Crippen molar-refractivity contribution >= 4 is 11.6 Å². The van der Waals surface area contributed by atoms with E-state index >= 15 is 0 Å². The van der Waals surface area contributed by atoms with Crippen LogP contribution in [0.15, 0.2) is 42.7 Å². The summed E-state index contributed by atoms with van der Waals surface area (Å²) in [5, 5.41) is 2.66. The van der Waals surface area contributed by atoms with Gasteiger partial charge in [0, 0.05) is 17.9 Å². The van der Waals surface area contributed by atoms with Crippen LogP contribution in [0.25, 0.3) is 0 Å². The Balaban J connectivity index is 2.27. The van der Waals surface area contributed by atoms with E-state index in [9.17, 15) is 9.18 Å². The maximum Gasteiger partial charge on any atom is 0.258 e. The summed E-state index contributed by atoms with van der Waals surface area (Å²) >= 11 is 0. The zero-order valence-corrected chi connectivity index (χ0v) is 10.4. The van der Waals surface area contributed by atoms with Crippen molar-refractivity contribution in [3.05, 3.63) is 59.7 Å². The zero-order valence-electron chi connectivity index (χ0n) is 10.4. The Kier molecular flexibility index (Phi) is 3.87. The highest BCUT2D eigenvalue weighted by Gasteiger charge is 2.14. The summed E-state index contributed by atoms with van der Waals surface area (Å²) in [6.07, 6.45) is 2.38. The molecule has 5 heteroatoms. The Morgan fingerprint density at radius 3 is 2.79 bits per heavy atom. The quantitative estimate of drug-likeness (QED) is 0.889. The standard InChI is InChI=1S/C14H14FN3O/c1-9(16)10-4-2-3-5-13(10)18-14(19)11-6-7-17-8-12(11)15/h2-9H,16H2,1H3,(H,18,19). The van der Waals surface area contributed by atoms with E-state index in [1.807, 2.05) is 19.1 Å². The number of carbonyl (C=O) groups excluding carboxylic acids is 1. The fraction of sp³-hybridized carbons (Fsp3) is 0.143. The Morgan fingerprint density at radius 2 is 2.11 bits per heavy atom. The zero-order chi connectivity index (χ0) is 13.8. The lowest BCUT2D eigenvalue weighted by atomic mass is 10.1. The Labute approximate surface area is 110 Å². The van der Waals surface area contributed by atoms with E-state index in [2.05, 4.69) is 10.3 Å². The molecule has 0 saturated carbocycles. The summed E-state index contributed by atoms with van der Waals surface area (Å²) < 4.78 is 13.5. The molecule has 0 aliphatic carbocycles. The highest BCUT2D eigenvalue weighted by atomic mass is 19.1. The first kappa shape index (κ1) is 13.2. The van der Waals surface area contributed by atoms with Gasteiger partial charge in [-0.25, -0.2) is 4.39 Å². The van der Waals surface area contributed by atoms with Crippen molar-refractivity contribution in [3.63, 3.8) is 0 Å². The Morgan fingerprint density at radius 1 is 1.37 bits per heavy atom. The first-order valence-electron chi connectivity index (χ1n) is 5.85. The molecule has 98 valence electrons. The number of amides is 1. The highest BCUT2D eigenvalue weighted by molar-refractivity contribution is 6.04. The molecule has 2 aromatic rings.